The van der Waals surface area contributed by atoms with Crippen LogP contribution in [0.3, 0.4) is 0 Å². The standard InChI is InChI=1S/C14H15ClFN3O2S/c1-9-12(13(15)19(2)17-9)22(20,21)18-14(7-8-14)10-3-5-11(16)6-4-10/h3-6,18H,7-8H2,1-2H3. The van der Waals surface area contributed by atoms with Gasteiger partial charge in [-0.15, -0.1) is 0 Å². The van der Waals surface area contributed by atoms with E-state index in [1.807, 2.05) is 0 Å². The van der Waals surface area contributed by atoms with Gasteiger partial charge in [-0.2, -0.15) is 5.10 Å². The summed E-state index contributed by atoms with van der Waals surface area (Å²) in [7, 11) is -2.23. The van der Waals surface area contributed by atoms with Gasteiger partial charge in [0.05, 0.1) is 11.2 Å². The first-order chi connectivity index (χ1) is 10.3. The van der Waals surface area contributed by atoms with Crippen molar-refractivity contribution in [3.8, 4) is 0 Å². The molecule has 8 heteroatoms. The monoisotopic (exact) mass is 343 g/mol. The predicted molar refractivity (Wildman–Crippen MR) is 80.6 cm³/mol. The average Bonchev–Trinajstić information content (AvgIpc) is 3.13. The van der Waals surface area contributed by atoms with E-state index in [1.165, 1.54) is 16.8 Å². The molecular formula is C14H15ClFN3O2S. The Labute approximate surface area is 133 Å². The Morgan fingerprint density at radius 2 is 1.91 bits per heavy atom. The van der Waals surface area contributed by atoms with Crippen LogP contribution in [0.5, 0.6) is 0 Å². The average molecular weight is 344 g/mol. The van der Waals surface area contributed by atoms with E-state index in [2.05, 4.69) is 9.82 Å². The number of nitrogens with one attached hydrogen (secondary N) is 1. The number of benzene rings is 1. The number of sulfonamides is 1. The van der Waals surface area contributed by atoms with Gasteiger partial charge < -0.3 is 0 Å². The minimum atomic E-state index is -3.81. The number of aromatic nitrogens is 2. The van der Waals surface area contributed by atoms with E-state index >= 15 is 0 Å². The molecule has 0 spiro atoms. The van der Waals surface area contributed by atoms with Gasteiger partial charge in [0, 0.05) is 7.05 Å². The van der Waals surface area contributed by atoms with Crippen LogP contribution in [0.4, 0.5) is 4.39 Å². The lowest BCUT2D eigenvalue weighted by Crippen LogP contribution is -2.35. The zero-order valence-corrected chi connectivity index (χ0v) is 13.7. The highest BCUT2D eigenvalue weighted by atomic mass is 35.5. The molecule has 0 atom stereocenters. The fourth-order valence-electron chi connectivity index (χ4n) is 2.57. The van der Waals surface area contributed by atoms with Gasteiger partial charge >= 0.3 is 0 Å². The number of aryl methyl sites for hydroxylation is 2. The molecule has 118 valence electrons. The Morgan fingerprint density at radius 3 is 2.36 bits per heavy atom. The van der Waals surface area contributed by atoms with Gasteiger partial charge in [0.2, 0.25) is 10.0 Å². The topological polar surface area (TPSA) is 64.0 Å². The van der Waals surface area contributed by atoms with Crippen LogP contribution in [0, 0.1) is 12.7 Å². The first-order valence-electron chi connectivity index (χ1n) is 6.74. The first-order valence-corrected chi connectivity index (χ1v) is 8.60. The fraction of sp³-hybridized carbons (Fsp3) is 0.357. The summed E-state index contributed by atoms with van der Waals surface area (Å²) in [5, 5.41) is 4.10. The van der Waals surface area contributed by atoms with Crippen LogP contribution in [0.1, 0.15) is 24.1 Å². The highest BCUT2D eigenvalue weighted by Crippen LogP contribution is 2.47. The molecule has 5 nitrogen and oxygen atoms in total. The van der Waals surface area contributed by atoms with Crippen LogP contribution in [0.2, 0.25) is 5.15 Å². The molecule has 0 bridgehead atoms. The van der Waals surface area contributed by atoms with Crippen molar-refractivity contribution in [1.29, 1.82) is 0 Å². The lowest BCUT2D eigenvalue weighted by molar-refractivity contribution is 0.550. The normalized spacial score (nSPS) is 16.7. The number of rotatable bonds is 4. The number of hydrogen-bond acceptors (Lipinski definition) is 3. The SMILES string of the molecule is Cc1nn(C)c(Cl)c1S(=O)(=O)NC1(c2ccc(F)cc2)CC1. The Bertz CT molecular complexity index is 827. The van der Waals surface area contributed by atoms with Crippen LogP contribution in [0.15, 0.2) is 29.2 Å². The maximum atomic E-state index is 13.0. The van der Waals surface area contributed by atoms with Crippen molar-refractivity contribution in [2.24, 2.45) is 7.05 Å². The second-order valence-electron chi connectivity index (χ2n) is 5.52. The van der Waals surface area contributed by atoms with Gasteiger partial charge in [-0.3, -0.25) is 4.68 Å². The summed E-state index contributed by atoms with van der Waals surface area (Å²) < 4.78 is 42.4. The van der Waals surface area contributed by atoms with Crippen LogP contribution in [0.25, 0.3) is 0 Å². The molecule has 1 aliphatic carbocycles. The summed E-state index contributed by atoms with van der Waals surface area (Å²) in [5.74, 6) is -0.353. The van der Waals surface area contributed by atoms with Crippen molar-refractivity contribution in [1.82, 2.24) is 14.5 Å². The van der Waals surface area contributed by atoms with Crippen molar-refractivity contribution in [2.45, 2.75) is 30.2 Å². The van der Waals surface area contributed by atoms with Gasteiger partial charge in [-0.25, -0.2) is 17.5 Å². The van der Waals surface area contributed by atoms with Gasteiger partial charge in [0.15, 0.2) is 0 Å². The molecule has 1 aromatic heterocycles. The summed E-state index contributed by atoms with van der Waals surface area (Å²) in [6.45, 7) is 1.60. The summed E-state index contributed by atoms with van der Waals surface area (Å²) in [6.07, 6.45) is 1.32. The molecule has 1 aliphatic rings. The second-order valence-corrected chi connectivity index (χ2v) is 7.50. The zero-order valence-electron chi connectivity index (χ0n) is 12.1. The van der Waals surface area contributed by atoms with Crippen molar-refractivity contribution in [2.75, 3.05) is 0 Å². The Morgan fingerprint density at radius 1 is 1.32 bits per heavy atom. The van der Waals surface area contributed by atoms with Crippen molar-refractivity contribution in [3.63, 3.8) is 0 Å². The van der Waals surface area contributed by atoms with Gasteiger partial charge in [-0.1, -0.05) is 23.7 Å². The molecule has 1 fully saturated rings. The van der Waals surface area contributed by atoms with E-state index in [-0.39, 0.29) is 15.9 Å². The fourth-order valence-corrected chi connectivity index (χ4v) is 4.77. The van der Waals surface area contributed by atoms with Gasteiger partial charge in [0.25, 0.3) is 0 Å². The summed E-state index contributed by atoms with van der Waals surface area (Å²) in [6, 6.07) is 5.85. The molecule has 22 heavy (non-hydrogen) atoms. The maximum absolute atomic E-state index is 13.0. The van der Waals surface area contributed by atoms with E-state index in [4.69, 9.17) is 11.6 Å². The van der Waals surface area contributed by atoms with Crippen LogP contribution in [-0.4, -0.2) is 18.2 Å². The largest absolute Gasteiger partial charge is 0.255 e. The molecule has 3 rings (SSSR count). The Kier molecular flexibility index (Phi) is 3.54. The summed E-state index contributed by atoms with van der Waals surface area (Å²) in [4.78, 5) is -0.00921. The lowest BCUT2D eigenvalue weighted by atomic mass is 10.1. The highest BCUT2D eigenvalue weighted by molar-refractivity contribution is 7.89. The third-order valence-corrected chi connectivity index (χ3v) is 6.08. The van der Waals surface area contributed by atoms with Crippen LogP contribution >= 0.6 is 11.6 Å². The van der Waals surface area contributed by atoms with E-state index in [0.29, 0.717) is 18.5 Å². The molecule has 1 saturated carbocycles. The number of halogens is 2. The minimum absolute atomic E-state index is 0.00921. The zero-order chi connectivity index (χ0) is 16.1. The van der Waals surface area contributed by atoms with Gasteiger partial charge in [0.1, 0.15) is 15.9 Å². The highest BCUT2D eigenvalue weighted by Gasteiger charge is 2.48. The third-order valence-electron chi connectivity index (χ3n) is 3.85. The van der Waals surface area contributed by atoms with Crippen molar-refractivity contribution in [3.05, 3.63) is 46.5 Å². The molecule has 2 aromatic rings. The van der Waals surface area contributed by atoms with E-state index < -0.39 is 15.6 Å². The molecule has 1 aromatic carbocycles. The molecule has 1 heterocycles. The van der Waals surface area contributed by atoms with E-state index in [1.54, 1.807) is 26.1 Å². The minimum Gasteiger partial charge on any atom is -0.255 e. The van der Waals surface area contributed by atoms with E-state index in [9.17, 15) is 12.8 Å². The smallest absolute Gasteiger partial charge is 0.246 e. The molecule has 0 radical (unpaired) electrons. The maximum Gasteiger partial charge on any atom is 0.246 e. The second kappa shape index (κ2) is 5.04. The molecule has 0 saturated heterocycles. The van der Waals surface area contributed by atoms with Crippen molar-refractivity contribution >= 4 is 21.6 Å². The molecule has 0 unspecified atom stereocenters. The number of nitrogens with zero attached hydrogens (tertiary/aromatic N) is 2. The molecule has 0 amide bonds. The Balaban J connectivity index is 1.96. The summed E-state index contributed by atoms with van der Waals surface area (Å²) >= 11 is 6.05. The molecule has 1 N–H and O–H groups in total. The quantitative estimate of drug-likeness (QED) is 0.927. The third kappa shape index (κ3) is 2.53. The molecule has 0 aliphatic heterocycles. The predicted octanol–water partition coefficient (Wildman–Crippen LogP) is 2.49. The van der Waals surface area contributed by atoms with Crippen LogP contribution < -0.4 is 4.72 Å². The Hall–Kier alpha value is -1.44. The first kappa shape index (κ1) is 15.5. The molecular weight excluding hydrogens is 329 g/mol. The lowest BCUT2D eigenvalue weighted by Gasteiger charge is -2.18. The van der Waals surface area contributed by atoms with Crippen molar-refractivity contribution < 1.29 is 12.8 Å². The van der Waals surface area contributed by atoms with Gasteiger partial charge in [-0.05, 0) is 37.5 Å². The number of hydrogen-bond donors (Lipinski definition) is 1. The van der Waals surface area contributed by atoms with E-state index in [0.717, 1.165) is 5.56 Å². The summed E-state index contributed by atoms with van der Waals surface area (Å²) in [5.41, 5.74) is 0.406. The van der Waals surface area contributed by atoms with Crippen LogP contribution in [-0.2, 0) is 22.6 Å².